The second-order valence-corrected chi connectivity index (χ2v) is 6.70. The Morgan fingerprint density at radius 3 is 1.88 bits per heavy atom. The van der Waals surface area contributed by atoms with Gasteiger partial charge in [-0.3, -0.25) is 14.5 Å². The summed E-state index contributed by atoms with van der Waals surface area (Å²) in [6.45, 7) is 0.286. The smallest absolute Gasteiger partial charge is 0.219 e. The Bertz CT molecular complexity index is 714. The lowest BCUT2D eigenvalue weighted by Gasteiger charge is -2.44. The Kier molecular flexibility index (Phi) is 4.90. The van der Waals surface area contributed by atoms with Crippen molar-refractivity contribution in [3.05, 3.63) is 69.7 Å². The van der Waals surface area contributed by atoms with E-state index < -0.39 is 11.9 Å². The summed E-state index contributed by atoms with van der Waals surface area (Å²) < 4.78 is 0. The first-order chi connectivity index (χ1) is 11.5. The summed E-state index contributed by atoms with van der Waals surface area (Å²) in [5.74, 6) is -0.453. The number of hydrogen-bond acceptors (Lipinski definition) is 3. The van der Waals surface area contributed by atoms with Crippen molar-refractivity contribution >= 4 is 34.9 Å². The second-order valence-electron chi connectivity index (χ2n) is 5.83. The number of carbonyl (C=O) groups excluding carboxylic acids is 2. The zero-order valence-corrected chi connectivity index (χ0v) is 14.3. The Labute approximate surface area is 150 Å². The van der Waals surface area contributed by atoms with E-state index in [0.29, 0.717) is 10.0 Å². The molecule has 1 aliphatic rings. The number of nitrogens with zero attached hydrogens (tertiary/aromatic N) is 1. The van der Waals surface area contributed by atoms with Crippen molar-refractivity contribution < 1.29 is 9.59 Å². The number of carbonyl (C=O) groups is 2. The first-order valence-electron chi connectivity index (χ1n) is 7.53. The van der Waals surface area contributed by atoms with Crippen LogP contribution in [0, 0.1) is 0 Å². The predicted octanol–water partition coefficient (Wildman–Crippen LogP) is 3.21. The number of amides is 1. The quantitative estimate of drug-likeness (QED) is 0.887. The van der Waals surface area contributed by atoms with Crippen LogP contribution in [-0.4, -0.2) is 29.2 Å². The molecule has 0 aliphatic carbocycles. The SMILES string of the molecule is NC(=O)CC1C(=O)CN1C(c1ccc(Cl)cc1)c1ccc(Cl)cc1. The molecule has 1 amide bonds. The van der Waals surface area contributed by atoms with Gasteiger partial charge in [-0.15, -0.1) is 0 Å². The molecular weight excluding hydrogens is 347 g/mol. The fourth-order valence-corrected chi connectivity index (χ4v) is 3.28. The fraction of sp³-hybridized carbons (Fsp3) is 0.222. The zero-order valence-electron chi connectivity index (χ0n) is 12.8. The van der Waals surface area contributed by atoms with Gasteiger partial charge in [0, 0.05) is 16.5 Å². The van der Waals surface area contributed by atoms with Gasteiger partial charge in [0.1, 0.15) is 0 Å². The van der Waals surface area contributed by atoms with Crippen LogP contribution in [0.25, 0.3) is 0 Å². The molecule has 0 saturated carbocycles. The third-order valence-electron chi connectivity index (χ3n) is 4.21. The first kappa shape index (κ1) is 17.0. The number of halogens is 2. The molecule has 0 aromatic heterocycles. The molecule has 4 nitrogen and oxygen atoms in total. The second kappa shape index (κ2) is 6.93. The standard InChI is InChI=1S/C18H16Cl2N2O2/c19-13-5-1-11(2-6-13)18(12-3-7-14(20)8-4-12)22-10-16(23)15(22)9-17(21)24/h1-8,15,18H,9-10H2,(H2,21,24). The number of primary amides is 1. The third-order valence-corrected chi connectivity index (χ3v) is 4.71. The van der Waals surface area contributed by atoms with Gasteiger partial charge in [-0.1, -0.05) is 47.5 Å². The van der Waals surface area contributed by atoms with Crippen LogP contribution in [0.5, 0.6) is 0 Å². The van der Waals surface area contributed by atoms with E-state index in [1.807, 2.05) is 53.4 Å². The Morgan fingerprint density at radius 1 is 1.04 bits per heavy atom. The van der Waals surface area contributed by atoms with Crippen LogP contribution in [0.2, 0.25) is 10.0 Å². The highest BCUT2D eigenvalue weighted by atomic mass is 35.5. The van der Waals surface area contributed by atoms with Gasteiger partial charge in [-0.25, -0.2) is 0 Å². The minimum Gasteiger partial charge on any atom is -0.370 e. The van der Waals surface area contributed by atoms with E-state index in [0.717, 1.165) is 11.1 Å². The summed E-state index contributed by atoms with van der Waals surface area (Å²) in [6, 6.07) is 14.3. The molecule has 2 aromatic carbocycles. The Hall–Kier alpha value is -1.88. The molecule has 0 radical (unpaired) electrons. The highest BCUT2D eigenvalue weighted by molar-refractivity contribution is 6.30. The van der Waals surface area contributed by atoms with E-state index in [1.165, 1.54) is 0 Å². The number of benzene rings is 2. The van der Waals surface area contributed by atoms with Crippen molar-refractivity contribution in [3.8, 4) is 0 Å². The topological polar surface area (TPSA) is 63.4 Å². The summed E-state index contributed by atoms with van der Waals surface area (Å²) in [4.78, 5) is 25.2. The van der Waals surface area contributed by atoms with E-state index in [9.17, 15) is 9.59 Å². The van der Waals surface area contributed by atoms with Crippen LogP contribution >= 0.6 is 23.2 Å². The van der Waals surface area contributed by atoms with Crippen LogP contribution in [0.1, 0.15) is 23.6 Å². The maximum atomic E-state index is 12.0. The molecule has 3 rings (SSSR count). The molecule has 1 saturated heterocycles. The van der Waals surface area contributed by atoms with Crippen molar-refractivity contribution in [1.29, 1.82) is 0 Å². The van der Waals surface area contributed by atoms with Crippen molar-refractivity contribution in [3.63, 3.8) is 0 Å². The fourth-order valence-electron chi connectivity index (χ4n) is 3.03. The van der Waals surface area contributed by atoms with Crippen LogP contribution in [0.3, 0.4) is 0 Å². The van der Waals surface area contributed by atoms with Gasteiger partial charge >= 0.3 is 0 Å². The van der Waals surface area contributed by atoms with Crippen molar-refractivity contribution in [1.82, 2.24) is 4.90 Å². The molecule has 1 fully saturated rings. The highest BCUT2D eigenvalue weighted by Crippen LogP contribution is 2.36. The lowest BCUT2D eigenvalue weighted by Crippen LogP contribution is -2.59. The van der Waals surface area contributed by atoms with E-state index >= 15 is 0 Å². The van der Waals surface area contributed by atoms with Crippen LogP contribution in [-0.2, 0) is 9.59 Å². The molecule has 24 heavy (non-hydrogen) atoms. The van der Waals surface area contributed by atoms with Gasteiger partial charge in [0.15, 0.2) is 5.78 Å². The van der Waals surface area contributed by atoms with Crippen molar-refractivity contribution in [2.24, 2.45) is 5.73 Å². The molecule has 2 N–H and O–H groups in total. The predicted molar refractivity (Wildman–Crippen MR) is 94.1 cm³/mol. The molecule has 0 bridgehead atoms. The summed E-state index contributed by atoms with van der Waals surface area (Å²) in [7, 11) is 0. The van der Waals surface area contributed by atoms with E-state index in [1.54, 1.807) is 0 Å². The van der Waals surface area contributed by atoms with Gasteiger partial charge in [0.2, 0.25) is 5.91 Å². The molecule has 1 unspecified atom stereocenters. The monoisotopic (exact) mass is 362 g/mol. The molecular formula is C18H16Cl2N2O2. The number of ketones is 1. The van der Waals surface area contributed by atoms with E-state index in [-0.39, 0.29) is 24.8 Å². The number of likely N-dealkylation sites (tertiary alicyclic amines) is 1. The molecule has 2 aromatic rings. The average molecular weight is 363 g/mol. The zero-order chi connectivity index (χ0) is 17.3. The van der Waals surface area contributed by atoms with E-state index in [2.05, 4.69) is 0 Å². The molecule has 1 atom stereocenters. The molecule has 0 spiro atoms. The summed E-state index contributed by atoms with van der Waals surface area (Å²) in [6.07, 6.45) is 0.0243. The molecule has 124 valence electrons. The molecule has 6 heteroatoms. The number of rotatable bonds is 5. The van der Waals surface area contributed by atoms with Gasteiger partial charge < -0.3 is 5.73 Å². The van der Waals surface area contributed by atoms with Gasteiger partial charge in [-0.2, -0.15) is 0 Å². The summed E-state index contributed by atoms with van der Waals surface area (Å²) in [5, 5.41) is 1.28. The largest absolute Gasteiger partial charge is 0.370 e. The summed E-state index contributed by atoms with van der Waals surface area (Å²) in [5.41, 5.74) is 7.27. The average Bonchev–Trinajstić information content (AvgIpc) is 2.55. The van der Waals surface area contributed by atoms with Crippen molar-refractivity contribution in [2.45, 2.75) is 18.5 Å². The van der Waals surface area contributed by atoms with Crippen LogP contribution in [0.15, 0.2) is 48.5 Å². The normalized spacial score (nSPS) is 17.8. The van der Waals surface area contributed by atoms with Gasteiger partial charge in [-0.05, 0) is 35.4 Å². The molecule has 1 heterocycles. The minimum atomic E-state index is -0.487. The lowest BCUT2D eigenvalue weighted by atomic mass is 9.88. The molecule has 1 aliphatic heterocycles. The number of Topliss-reactive ketones (excluding diaryl/α,β-unsaturated/α-hetero) is 1. The highest BCUT2D eigenvalue weighted by Gasteiger charge is 2.43. The Balaban J connectivity index is 1.98. The van der Waals surface area contributed by atoms with Gasteiger partial charge in [0.25, 0.3) is 0 Å². The summed E-state index contributed by atoms with van der Waals surface area (Å²) >= 11 is 12.0. The van der Waals surface area contributed by atoms with Gasteiger partial charge in [0.05, 0.1) is 18.6 Å². The lowest BCUT2D eigenvalue weighted by molar-refractivity contribution is -0.141. The van der Waals surface area contributed by atoms with Crippen LogP contribution < -0.4 is 5.73 Å². The van der Waals surface area contributed by atoms with Crippen LogP contribution in [0.4, 0.5) is 0 Å². The van der Waals surface area contributed by atoms with Crippen molar-refractivity contribution in [2.75, 3.05) is 6.54 Å². The first-order valence-corrected chi connectivity index (χ1v) is 8.29. The maximum absolute atomic E-state index is 12.0. The number of nitrogens with two attached hydrogens (primary N) is 1. The maximum Gasteiger partial charge on any atom is 0.219 e. The van der Waals surface area contributed by atoms with E-state index in [4.69, 9.17) is 28.9 Å². The minimum absolute atomic E-state index is 0.0243. The number of hydrogen-bond donors (Lipinski definition) is 1. The Morgan fingerprint density at radius 2 is 1.50 bits per heavy atom. The third kappa shape index (κ3) is 3.46.